The molecule has 0 amide bonds. The summed E-state index contributed by atoms with van der Waals surface area (Å²) in [7, 11) is 0. The van der Waals surface area contributed by atoms with E-state index in [1.54, 1.807) is 6.26 Å². The van der Waals surface area contributed by atoms with Crippen LogP contribution >= 0.6 is 0 Å². The van der Waals surface area contributed by atoms with Crippen molar-refractivity contribution in [2.24, 2.45) is 5.73 Å². The van der Waals surface area contributed by atoms with E-state index < -0.39 is 0 Å². The molecule has 1 fully saturated rings. The van der Waals surface area contributed by atoms with Crippen molar-refractivity contribution in [2.45, 2.75) is 25.9 Å². The number of nitrogens with zero attached hydrogens (tertiary/aromatic N) is 2. The van der Waals surface area contributed by atoms with Crippen molar-refractivity contribution in [1.82, 2.24) is 9.80 Å². The Morgan fingerprint density at radius 1 is 1.35 bits per heavy atom. The second-order valence-electron chi connectivity index (χ2n) is 4.79. The molecular formula is C13H23N3O. The standard InChI is InChI=1S/C13H23N3O/c1-3-15-6-8-16(9-7-15)13(11(2)14)12-5-4-10-17-12/h4-5,10-11,13H,3,6-9,14H2,1-2H3. The molecule has 0 bridgehead atoms. The van der Waals surface area contributed by atoms with Gasteiger partial charge in [-0.3, -0.25) is 4.90 Å². The maximum Gasteiger partial charge on any atom is 0.122 e. The molecule has 1 saturated heterocycles. The van der Waals surface area contributed by atoms with Gasteiger partial charge in [-0.2, -0.15) is 0 Å². The molecule has 96 valence electrons. The Balaban J connectivity index is 2.03. The van der Waals surface area contributed by atoms with Crippen LogP contribution in [0.5, 0.6) is 0 Å². The Morgan fingerprint density at radius 3 is 2.53 bits per heavy atom. The lowest BCUT2D eigenvalue weighted by atomic mass is 10.1. The van der Waals surface area contributed by atoms with E-state index in [4.69, 9.17) is 10.2 Å². The second kappa shape index (κ2) is 5.67. The Bertz CT molecular complexity index is 315. The van der Waals surface area contributed by atoms with E-state index in [2.05, 4.69) is 23.6 Å². The second-order valence-corrected chi connectivity index (χ2v) is 4.79. The summed E-state index contributed by atoms with van der Waals surface area (Å²) in [5, 5.41) is 0. The van der Waals surface area contributed by atoms with Crippen LogP contribution in [0, 0.1) is 0 Å². The smallest absolute Gasteiger partial charge is 0.122 e. The van der Waals surface area contributed by atoms with E-state index in [1.165, 1.54) is 0 Å². The quantitative estimate of drug-likeness (QED) is 0.857. The fourth-order valence-corrected chi connectivity index (χ4v) is 2.59. The van der Waals surface area contributed by atoms with Crippen LogP contribution in [0.2, 0.25) is 0 Å². The Morgan fingerprint density at radius 2 is 2.06 bits per heavy atom. The van der Waals surface area contributed by atoms with Crippen LogP contribution in [0.25, 0.3) is 0 Å². The van der Waals surface area contributed by atoms with Gasteiger partial charge in [0.05, 0.1) is 12.3 Å². The van der Waals surface area contributed by atoms with Gasteiger partial charge in [-0.15, -0.1) is 0 Å². The summed E-state index contributed by atoms with van der Waals surface area (Å²) in [5.41, 5.74) is 6.11. The predicted octanol–water partition coefficient (Wildman–Crippen LogP) is 1.31. The maximum atomic E-state index is 6.11. The minimum absolute atomic E-state index is 0.0920. The molecule has 0 spiro atoms. The largest absolute Gasteiger partial charge is 0.468 e. The Kier molecular flexibility index (Phi) is 4.20. The zero-order valence-corrected chi connectivity index (χ0v) is 10.8. The summed E-state index contributed by atoms with van der Waals surface area (Å²) >= 11 is 0. The number of piperazine rings is 1. The van der Waals surface area contributed by atoms with Crippen LogP contribution in [0.3, 0.4) is 0 Å². The summed E-state index contributed by atoms with van der Waals surface area (Å²) in [6.45, 7) is 9.80. The lowest BCUT2D eigenvalue weighted by Gasteiger charge is -2.39. The highest BCUT2D eigenvalue weighted by Gasteiger charge is 2.28. The van der Waals surface area contributed by atoms with Crippen molar-refractivity contribution in [3.63, 3.8) is 0 Å². The molecule has 0 radical (unpaired) electrons. The molecule has 2 rings (SSSR count). The number of furan rings is 1. The van der Waals surface area contributed by atoms with Gasteiger partial charge in [0.15, 0.2) is 0 Å². The number of rotatable bonds is 4. The van der Waals surface area contributed by atoms with Crippen molar-refractivity contribution in [2.75, 3.05) is 32.7 Å². The first-order valence-corrected chi connectivity index (χ1v) is 6.47. The van der Waals surface area contributed by atoms with Crippen LogP contribution in [0.4, 0.5) is 0 Å². The first-order valence-electron chi connectivity index (χ1n) is 6.47. The number of likely N-dealkylation sites (N-methyl/N-ethyl adjacent to an activating group) is 1. The third-order valence-electron chi connectivity index (χ3n) is 3.58. The van der Waals surface area contributed by atoms with Crippen molar-refractivity contribution < 1.29 is 4.42 Å². The van der Waals surface area contributed by atoms with Crippen LogP contribution in [0.15, 0.2) is 22.8 Å². The minimum Gasteiger partial charge on any atom is -0.468 e. The number of hydrogen-bond acceptors (Lipinski definition) is 4. The molecule has 0 saturated carbocycles. The number of nitrogens with two attached hydrogens (primary N) is 1. The first kappa shape index (κ1) is 12.6. The van der Waals surface area contributed by atoms with Gasteiger partial charge < -0.3 is 15.1 Å². The molecule has 4 nitrogen and oxygen atoms in total. The van der Waals surface area contributed by atoms with Gasteiger partial charge >= 0.3 is 0 Å². The van der Waals surface area contributed by atoms with Crippen molar-refractivity contribution in [3.8, 4) is 0 Å². The molecule has 2 atom stereocenters. The van der Waals surface area contributed by atoms with Crippen molar-refractivity contribution in [1.29, 1.82) is 0 Å². The minimum atomic E-state index is 0.0920. The highest BCUT2D eigenvalue weighted by Crippen LogP contribution is 2.25. The van der Waals surface area contributed by atoms with E-state index in [0.717, 1.165) is 38.5 Å². The summed E-state index contributed by atoms with van der Waals surface area (Å²) in [6, 6.07) is 4.27. The van der Waals surface area contributed by atoms with E-state index >= 15 is 0 Å². The zero-order valence-electron chi connectivity index (χ0n) is 10.8. The molecule has 0 aliphatic carbocycles. The van der Waals surface area contributed by atoms with Gasteiger partial charge in [0.2, 0.25) is 0 Å². The highest BCUT2D eigenvalue weighted by molar-refractivity contribution is 5.07. The van der Waals surface area contributed by atoms with Crippen LogP contribution in [-0.4, -0.2) is 48.6 Å². The fraction of sp³-hybridized carbons (Fsp3) is 0.692. The number of hydrogen-bond donors (Lipinski definition) is 1. The molecule has 2 heterocycles. The highest BCUT2D eigenvalue weighted by atomic mass is 16.3. The first-order chi connectivity index (χ1) is 8.22. The summed E-state index contributed by atoms with van der Waals surface area (Å²) in [4.78, 5) is 4.91. The van der Waals surface area contributed by atoms with E-state index in [9.17, 15) is 0 Å². The van der Waals surface area contributed by atoms with Crippen molar-refractivity contribution >= 4 is 0 Å². The Labute approximate surface area is 103 Å². The van der Waals surface area contributed by atoms with Gasteiger partial charge in [-0.05, 0) is 25.6 Å². The Hall–Kier alpha value is -0.840. The lowest BCUT2D eigenvalue weighted by Crippen LogP contribution is -2.50. The molecule has 17 heavy (non-hydrogen) atoms. The molecular weight excluding hydrogens is 214 g/mol. The molecule has 1 aromatic heterocycles. The van der Waals surface area contributed by atoms with Gasteiger partial charge in [-0.25, -0.2) is 0 Å². The summed E-state index contributed by atoms with van der Waals surface area (Å²) in [6.07, 6.45) is 1.73. The summed E-state index contributed by atoms with van der Waals surface area (Å²) < 4.78 is 5.53. The van der Waals surface area contributed by atoms with E-state index in [-0.39, 0.29) is 12.1 Å². The van der Waals surface area contributed by atoms with Gasteiger partial charge in [0.1, 0.15) is 5.76 Å². The fourth-order valence-electron chi connectivity index (χ4n) is 2.59. The van der Waals surface area contributed by atoms with Crippen LogP contribution in [-0.2, 0) is 0 Å². The average molecular weight is 237 g/mol. The van der Waals surface area contributed by atoms with E-state index in [1.807, 2.05) is 12.1 Å². The monoisotopic (exact) mass is 237 g/mol. The lowest BCUT2D eigenvalue weighted by molar-refractivity contribution is 0.0797. The molecule has 2 unspecified atom stereocenters. The third kappa shape index (κ3) is 2.89. The molecule has 2 N–H and O–H groups in total. The van der Waals surface area contributed by atoms with Gasteiger partial charge in [-0.1, -0.05) is 6.92 Å². The van der Waals surface area contributed by atoms with Crippen LogP contribution in [0.1, 0.15) is 25.6 Å². The normalized spacial score (nSPS) is 22.5. The average Bonchev–Trinajstić information content (AvgIpc) is 2.83. The molecule has 0 aromatic carbocycles. The topological polar surface area (TPSA) is 45.6 Å². The van der Waals surface area contributed by atoms with Crippen LogP contribution < -0.4 is 5.73 Å². The predicted molar refractivity (Wildman–Crippen MR) is 68.8 cm³/mol. The SMILES string of the molecule is CCN1CCN(C(c2ccco2)C(C)N)CC1. The maximum absolute atomic E-state index is 6.11. The molecule has 1 aliphatic heterocycles. The molecule has 1 aromatic rings. The van der Waals surface area contributed by atoms with E-state index in [0.29, 0.717) is 0 Å². The summed E-state index contributed by atoms with van der Waals surface area (Å²) in [5.74, 6) is 0.991. The third-order valence-corrected chi connectivity index (χ3v) is 3.58. The van der Waals surface area contributed by atoms with Crippen molar-refractivity contribution in [3.05, 3.63) is 24.2 Å². The molecule has 4 heteroatoms. The van der Waals surface area contributed by atoms with Gasteiger partial charge in [0.25, 0.3) is 0 Å². The molecule has 1 aliphatic rings. The zero-order chi connectivity index (χ0) is 12.3. The van der Waals surface area contributed by atoms with Gasteiger partial charge in [0, 0.05) is 32.2 Å².